The van der Waals surface area contributed by atoms with Crippen molar-refractivity contribution in [1.82, 2.24) is 4.98 Å². The molecule has 0 spiro atoms. The van der Waals surface area contributed by atoms with Crippen LogP contribution in [0, 0.1) is 29.6 Å². The Balaban J connectivity index is 2.50. The van der Waals surface area contributed by atoms with Crippen molar-refractivity contribution >= 4 is 11.5 Å². The molecule has 0 atom stereocenters. The van der Waals surface area contributed by atoms with Crippen molar-refractivity contribution in [3.63, 3.8) is 0 Å². The third kappa shape index (κ3) is 2.99. The topological polar surface area (TPSA) is 72.5 Å². The molecule has 1 heterocycles. The van der Waals surface area contributed by atoms with Gasteiger partial charge in [-0.3, -0.25) is 0 Å². The van der Waals surface area contributed by atoms with Crippen molar-refractivity contribution in [2.24, 2.45) is 0 Å². The van der Waals surface area contributed by atoms with Gasteiger partial charge >= 0.3 is 6.18 Å². The molecular weight excluding hydrogens is 293 g/mol. The molecule has 0 unspecified atom stereocenters. The van der Waals surface area contributed by atoms with Crippen LogP contribution in [0.2, 0.25) is 0 Å². The fraction of sp³-hybridized carbons (Fsp3) is 0.133. The number of nitrogens with one attached hydrogen (secondary N) is 1. The second-order valence-corrected chi connectivity index (χ2v) is 4.42. The van der Waals surface area contributed by atoms with E-state index in [1.54, 1.807) is 31.2 Å². The van der Waals surface area contributed by atoms with Gasteiger partial charge in [0.05, 0.1) is 17.2 Å². The van der Waals surface area contributed by atoms with E-state index in [0.717, 1.165) is 12.1 Å². The number of halogens is 3. The third-order valence-electron chi connectivity index (χ3n) is 3.01. The first kappa shape index (κ1) is 15.3. The molecule has 0 saturated carbocycles. The van der Waals surface area contributed by atoms with Gasteiger partial charge in [0.1, 0.15) is 17.6 Å². The van der Waals surface area contributed by atoms with E-state index < -0.39 is 11.9 Å². The van der Waals surface area contributed by atoms with E-state index in [9.17, 15) is 13.2 Å². The predicted octanol–water partition coefficient (Wildman–Crippen LogP) is 3.90. The summed E-state index contributed by atoms with van der Waals surface area (Å²) in [4.78, 5) is 3.47. The van der Waals surface area contributed by atoms with Crippen LogP contribution < -0.4 is 5.32 Å². The van der Waals surface area contributed by atoms with E-state index in [-0.39, 0.29) is 11.4 Å². The molecule has 7 heteroatoms. The predicted molar refractivity (Wildman–Crippen MR) is 73.1 cm³/mol. The molecule has 0 saturated heterocycles. The van der Waals surface area contributed by atoms with Gasteiger partial charge in [0.25, 0.3) is 0 Å². The normalized spacial score (nSPS) is 10.6. The molecular formula is C15H9F3N4. The Bertz CT molecular complexity index is 798. The van der Waals surface area contributed by atoms with E-state index in [0.29, 0.717) is 16.8 Å². The van der Waals surface area contributed by atoms with Crippen LogP contribution in [-0.2, 0) is 6.18 Å². The largest absolute Gasteiger partial charge is 0.433 e. The maximum Gasteiger partial charge on any atom is 0.433 e. The molecule has 1 N–H and O–H groups in total. The van der Waals surface area contributed by atoms with Crippen LogP contribution in [0.1, 0.15) is 22.4 Å². The lowest BCUT2D eigenvalue weighted by Gasteiger charge is -2.13. The van der Waals surface area contributed by atoms with E-state index in [2.05, 4.69) is 10.3 Å². The molecule has 0 amide bonds. The minimum atomic E-state index is -4.60. The van der Waals surface area contributed by atoms with Crippen LogP contribution in [0.15, 0.2) is 30.3 Å². The average Bonchev–Trinajstić information content (AvgIpc) is 2.48. The van der Waals surface area contributed by atoms with Crippen molar-refractivity contribution in [3.8, 4) is 12.1 Å². The van der Waals surface area contributed by atoms with Crippen LogP contribution in [-0.4, -0.2) is 4.98 Å². The number of nitriles is 2. The molecule has 110 valence electrons. The Morgan fingerprint density at radius 3 is 2.32 bits per heavy atom. The third-order valence-corrected chi connectivity index (χ3v) is 3.01. The number of nitrogens with zero attached hydrogens (tertiary/aromatic N) is 3. The summed E-state index contributed by atoms with van der Waals surface area (Å²) in [6.45, 7) is 1.65. The zero-order valence-electron chi connectivity index (χ0n) is 11.4. The molecule has 22 heavy (non-hydrogen) atoms. The van der Waals surface area contributed by atoms with Gasteiger partial charge in [-0.15, -0.1) is 0 Å². The second kappa shape index (κ2) is 5.74. The van der Waals surface area contributed by atoms with Crippen LogP contribution in [0.5, 0.6) is 0 Å². The number of aromatic nitrogens is 1. The van der Waals surface area contributed by atoms with Crippen molar-refractivity contribution in [2.45, 2.75) is 13.1 Å². The van der Waals surface area contributed by atoms with Gasteiger partial charge in [0, 0.05) is 5.69 Å². The Kier molecular flexibility index (Phi) is 4.00. The highest BCUT2D eigenvalue weighted by molar-refractivity contribution is 5.67. The summed E-state index contributed by atoms with van der Waals surface area (Å²) >= 11 is 0. The summed E-state index contributed by atoms with van der Waals surface area (Å²) in [5.74, 6) is -0.199. The Hall–Kier alpha value is -3.06. The van der Waals surface area contributed by atoms with Gasteiger partial charge in [0.15, 0.2) is 0 Å². The van der Waals surface area contributed by atoms with E-state index in [1.165, 1.54) is 0 Å². The van der Waals surface area contributed by atoms with Crippen molar-refractivity contribution in [2.75, 3.05) is 5.32 Å². The van der Waals surface area contributed by atoms with Crippen LogP contribution in [0.4, 0.5) is 24.7 Å². The minimum absolute atomic E-state index is 0.0187. The molecule has 0 aliphatic carbocycles. The fourth-order valence-corrected chi connectivity index (χ4v) is 1.82. The quantitative estimate of drug-likeness (QED) is 0.913. The Labute approximate surface area is 124 Å². The first-order valence-electron chi connectivity index (χ1n) is 6.12. The van der Waals surface area contributed by atoms with Gasteiger partial charge < -0.3 is 5.32 Å². The van der Waals surface area contributed by atoms with Crippen LogP contribution in [0.25, 0.3) is 0 Å². The van der Waals surface area contributed by atoms with E-state index >= 15 is 0 Å². The molecule has 0 bridgehead atoms. The van der Waals surface area contributed by atoms with Crippen LogP contribution >= 0.6 is 0 Å². The average molecular weight is 302 g/mol. The smallest absolute Gasteiger partial charge is 0.339 e. The van der Waals surface area contributed by atoms with Crippen molar-refractivity contribution in [3.05, 3.63) is 52.7 Å². The summed E-state index contributed by atoms with van der Waals surface area (Å²) < 4.78 is 38.2. The number of pyridine rings is 1. The summed E-state index contributed by atoms with van der Waals surface area (Å²) in [6.07, 6.45) is -4.60. The molecule has 0 radical (unpaired) electrons. The molecule has 1 aromatic heterocycles. The lowest BCUT2D eigenvalue weighted by molar-refractivity contribution is -0.141. The number of hydrogen-bond acceptors (Lipinski definition) is 4. The fourth-order valence-electron chi connectivity index (χ4n) is 1.82. The molecule has 2 aromatic rings. The molecule has 0 aliphatic heterocycles. The lowest BCUT2D eigenvalue weighted by Crippen LogP contribution is -2.10. The lowest BCUT2D eigenvalue weighted by atomic mass is 10.1. The maximum absolute atomic E-state index is 12.7. The number of benzene rings is 1. The highest BCUT2D eigenvalue weighted by Crippen LogP contribution is 2.31. The van der Waals surface area contributed by atoms with Gasteiger partial charge in [-0.2, -0.15) is 23.7 Å². The van der Waals surface area contributed by atoms with Gasteiger partial charge in [-0.05, 0) is 36.8 Å². The minimum Gasteiger partial charge on any atom is -0.339 e. The Morgan fingerprint density at radius 2 is 1.73 bits per heavy atom. The van der Waals surface area contributed by atoms with Gasteiger partial charge in [-0.1, -0.05) is 6.07 Å². The summed E-state index contributed by atoms with van der Waals surface area (Å²) in [5, 5.41) is 20.7. The summed E-state index contributed by atoms with van der Waals surface area (Å²) in [7, 11) is 0. The molecule has 4 nitrogen and oxygen atoms in total. The summed E-state index contributed by atoms with van der Waals surface area (Å²) in [6, 6.07) is 10.4. The summed E-state index contributed by atoms with van der Waals surface area (Å²) in [5.41, 5.74) is 0.254. The zero-order valence-corrected chi connectivity index (χ0v) is 11.4. The molecule has 1 aromatic carbocycles. The monoisotopic (exact) mass is 302 g/mol. The first-order valence-corrected chi connectivity index (χ1v) is 6.12. The zero-order chi connectivity index (χ0) is 16.3. The molecule has 0 fully saturated rings. The maximum atomic E-state index is 12.7. The standard InChI is InChI=1S/C15H9F3N4/c1-9-10(7-19)3-2-4-12(9)21-14-11(8-20)5-6-13(22-14)15(16,17)18/h2-6H,1H3,(H,21,22). The number of rotatable bonds is 2. The van der Waals surface area contributed by atoms with E-state index in [1.807, 2.05) is 6.07 Å². The Morgan fingerprint density at radius 1 is 1.05 bits per heavy atom. The molecule has 0 aliphatic rings. The molecule has 2 rings (SSSR count). The number of alkyl halides is 3. The van der Waals surface area contributed by atoms with Gasteiger partial charge in [0.2, 0.25) is 0 Å². The van der Waals surface area contributed by atoms with Crippen LogP contribution in [0.3, 0.4) is 0 Å². The van der Waals surface area contributed by atoms with Crippen molar-refractivity contribution in [1.29, 1.82) is 10.5 Å². The van der Waals surface area contributed by atoms with Gasteiger partial charge in [-0.25, -0.2) is 4.98 Å². The second-order valence-electron chi connectivity index (χ2n) is 4.42. The first-order chi connectivity index (χ1) is 10.4. The van der Waals surface area contributed by atoms with Crippen molar-refractivity contribution < 1.29 is 13.2 Å². The SMILES string of the molecule is Cc1c(C#N)cccc1Nc1nc(C(F)(F)F)ccc1C#N. The highest BCUT2D eigenvalue weighted by atomic mass is 19.4. The van der Waals surface area contributed by atoms with E-state index in [4.69, 9.17) is 10.5 Å². The number of anilines is 2. The highest BCUT2D eigenvalue weighted by Gasteiger charge is 2.33. The number of hydrogen-bond donors (Lipinski definition) is 1.